The highest BCUT2D eigenvalue weighted by Crippen LogP contribution is 2.47. The maximum Gasteiger partial charge on any atom is 0.165 e. The molecule has 0 radical (unpaired) electrons. The minimum absolute atomic E-state index is 0.0143. The minimum Gasteiger partial charge on any atom is -0.377 e. The van der Waals surface area contributed by atoms with Gasteiger partial charge < -0.3 is 14.6 Å². The second-order valence-corrected chi connectivity index (χ2v) is 6.59. The molecule has 1 N–H and O–H groups in total. The molecule has 0 spiro atoms. The van der Waals surface area contributed by atoms with Crippen LogP contribution in [0.5, 0.6) is 0 Å². The Morgan fingerprint density at radius 3 is 2.77 bits per heavy atom. The predicted molar refractivity (Wildman–Crippen MR) is 86.7 cm³/mol. The zero-order chi connectivity index (χ0) is 16.2. The van der Waals surface area contributed by atoms with E-state index < -0.39 is 11.9 Å². The van der Waals surface area contributed by atoms with Gasteiger partial charge in [-0.25, -0.2) is 0 Å². The van der Waals surface area contributed by atoms with Gasteiger partial charge in [-0.05, 0) is 50.4 Å². The van der Waals surface area contributed by atoms with E-state index in [1.807, 2.05) is 13.8 Å². The fraction of sp³-hybridized carbons (Fsp3) is 0.684. The van der Waals surface area contributed by atoms with Gasteiger partial charge in [0.2, 0.25) is 0 Å². The van der Waals surface area contributed by atoms with Crippen LogP contribution >= 0.6 is 0 Å². The smallest absolute Gasteiger partial charge is 0.165 e. The van der Waals surface area contributed by atoms with Gasteiger partial charge in [0.15, 0.2) is 5.79 Å². The average molecular weight is 302 g/mol. The molecular weight excluding hydrogens is 276 g/mol. The molecule has 2 fully saturated rings. The summed E-state index contributed by atoms with van der Waals surface area (Å²) in [5.41, 5.74) is 0. The van der Waals surface area contributed by atoms with E-state index in [1.165, 1.54) is 25.3 Å². The molecule has 120 valence electrons. The first-order valence-corrected chi connectivity index (χ1v) is 8.12. The Morgan fingerprint density at radius 1 is 1.32 bits per heavy atom. The van der Waals surface area contributed by atoms with E-state index in [9.17, 15) is 5.11 Å². The van der Waals surface area contributed by atoms with Crippen molar-refractivity contribution in [3.05, 3.63) is 12.7 Å². The lowest BCUT2D eigenvalue weighted by Crippen LogP contribution is -2.22. The molecule has 0 aromatic rings. The van der Waals surface area contributed by atoms with Crippen LogP contribution < -0.4 is 0 Å². The number of aliphatic hydroxyl groups excluding tert-OH is 1. The molecule has 2 aliphatic rings. The van der Waals surface area contributed by atoms with Crippen LogP contribution in [0.15, 0.2) is 12.7 Å². The number of ether oxygens (including phenoxy) is 2. The lowest BCUT2D eigenvalue weighted by atomic mass is 10.1. The maximum absolute atomic E-state index is 9.28. The lowest BCUT2D eigenvalue weighted by Gasteiger charge is -2.16. The highest BCUT2D eigenvalue weighted by molar-refractivity contribution is 5.30. The van der Waals surface area contributed by atoms with Crippen LogP contribution in [-0.2, 0) is 9.47 Å². The third-order valence-electron chi connectivity index (χ3n) is 4.17. The van der Waals surface area contributed by atoms with Crippen molar-refractivity contribution in [1.29, 1.82) is 0 Å². The van der Waals surface area contributed by atoms with E-state index in [4.69, 9.17) is 9.47 Å². The second kappa shape index (κ2) is 7.34. The van der Waals surface area contributed by atoms with Crippen LogP contribution in [0.4, 0.5) is 0 Å². The fourth-order valence-corrected chi connectivity index (χ4v) is 3.03. The second-order valence-electron chi connectivity index (χ2n) is 6.59. The van der Waals surface area contributed by atoms with Gasteiger partial charge >= 0.3 is 0 Å². The predicted octanol–water partition coefficient (Wildman–Crippen LogP) is 2.89. The summed E-state index contributed by atoms with van der Waals surface area (Å²) in [7, 11) is 0. The van der Waals surface area contributed by atoms with E-state index in [1.54, 1.807) is 0 Å². The van der Waals surface area contributed by atoms with Gasteiger partial charge in [0, 0.05) is 0 Å². The molecule has 22 heavy (non-hydrogen) atoms. The molecule has 3 heteroatoms. The van der Waals surface area contributed by atoms with Crippen molar-refractivity contribution < 1.29 is 14.6 Å². The summed E-state index contributed by atoms with van der Waals surface area (Å²) in [5.74, 6) is 12.0. The molecule has 2 unspecified atom stereocenters. The average Bonchev–Trinajstić information content (AvgIpc) is 3.11. The van der Waals surface area contributed by atoms with E-state index in [0.717, 1.165) is 18.3 Å². The first-order valence-electron chi connectivity index (χ1n) is 8.12. The minimum atomic E-state index is -0.830. The summed E-state index contributed by atoms with van der Waals surface area (Å²) >= 11 is 0. The molecule has 0 aromatic heterocycles. The van der Waals surface area contributed by atoms with Crippen molar-refractivity contribution in [1.82, 2.24) is 0 Å². The van der Waals surface area contributed by atoms with E-state index in [0.29, 0.717) is 0 Å². The number of aliphatic hydroxyl groups is 1. The molecule has 1 saturated carbocycles. The highest BCUT2D eigenvalue weighted by atomic mass is 16.7. The Morgan fingerprint density at radius 2 is 2.09 bits per heavy atom. The molecule has 3 nitrogen and oxygen atoms in total. The molecule has 5 atom stereocenters. The normalized spacial score (nSPS) is 33.1. The van der Waals surface area contributed by atoms with Gasteiger partial charge in [0.25, 0.3) is 0 Å². The maximum atomic E-state index is 9.28. The molecule has 1 saturated heterocycles. The fourth-order valence-electron chi connectivity index (χ4n) is 3.03. The van der Waals surface area contributed by atoms with Crippen LogP contribution in [0.25, 0.3) is 0 Å². The Balaban J connectivity index is 1.93. The number of rotatable bonds is 5. The lowest BCUT2D eigenvalue weighted by molar-refractivity contribution is -0.143. The molecule has 1 heterocycles. The summed E-state index contributed by atoms with van der Waals surface area (Å²) in [4.78, 5) is 0. The van der Waals surface area contributed by atoms with Crippen molar-refractivity contribution in [3.8, 4) is 23.7 Å². The summed E-state index contributed by atoms with van der Waals surface area (Å²) in [6.45, 7) is 9.54. The summed E-state index contributed by atoms with van der Waals surface area (Å²) < 4.78 is 11.9. The van der Waals surface area contributed by atoms with Gasteiger partial charge in [0.05, 0.1) is 6.10 Å². The van der Waals surface area contributed by atoms with Crippen molar-refractivity contribution in [2.24, 2.45) is 11.8 Å². The molecule has 1 aliphatic carbocycles. The zero-order valence-electron chi connectivity index (χ0n) is 13.8. The molecule has 0 amide bonds. The van der Waals surface area contributed by atoms with Crippen LogP contribution in [0, 0.1) is 35.5 Å². The van der Waals surface area contributed by atoms with Gasteiger partial charge in [-0.15, -0.1) is 0 Å². The van der Waals surface area contributed by atoms with E-state index in [-0.39, 0.29) is 12.2 Å². The third-order valence-corrected chi connectivity index (χ3v) is 4.17. The van der Waals surface area contributed by atoms with Crippen LogP contribution in [0.1, 0.15) is 46.5 Å². The van der Waals surface area contributed by atoms with Crippen molar-refractivity contribution in [2.75, 3.05) is 0 Å². The third kappa shape index (κ3) is 4.89. The SMILES string of the molecule is C=C[C@@H](O)C#CC#C[C@H]1OC(C)(C)O[C@@H]1CC1CC1CCC. The first kappa shape index (κ1) is 17.1. The molecule has 0 bridgehead atoms. The molecule has 0 aromatic carbocycles. The van der Waals surface area contributed by atoms with Gasteiger partial charge in [0.1, 0.15) is 12.2 Å². The van der Waals surface area contributed by atoms with Crippen LogP contribution in [-0.4, -0.2) is 29.2 Å². The summed E-state index contributed by atoms with van der Waals surface area (Å²) in [6, 6.07) is 0. The Labute approximate surface area is 134 Å². The number of hydrogen-bond donors (Lipinski definition) is 1. The largest absolute Gasteiger partial charge is 0.377 e. The zero-order valence-corrected chi connectivity index (χ0v) is 13.8. The quantitative estimate of drug-likeness (QED) is 0.627. The molecular formula is C19H26O3. The standard InChI is InChI=1S/C19H26O3/c1-5-9-14-12-15(14)13-18-17(21-19(3,4)22-18)11-8-7-10-16(20)6-2/h6,14-18,20H,2,5,9,12-13H2,1,3-4H3/t14?,15?,16-,17-,18-/m1/s1. The summed E-state index contributed by atoms with van der Waals surface area (Å²) in [6.07, 6.45) is 5.19. The van der Waals surface area contributed by atoms with E-state index >= 15 is 0 Å². The van der Waals surface area contributed by atoms with Crippen molar-refractivity contribution in [2.45, 2.75) is 70.6 Å². The first-order chi connectivity index (χ1) is 10.4. The monoisotopic (exact) mass is 302 g/mol. The van der Waals surface area contributed by atoms with Gasteiger partial charge in [-0.1, -0.05) is 44.3 Å². The van der Waals surface area contributed by atoms with Crippen molar-refractivity contribution >= 4 is 0 Å². The topological polar surface area (TPSA) is 38.7 Å². The number of hydrogen-bond acceptors (Lipinski definition) is 3. The molecule has 2 rings (SSSR count). The Bertz CT molecular complexity index is 514. The van der Waals surface area contributed by atoms with E-state index in [2.05, 4.69) is 37.2 Å². The van der Waals surface area contributed by atoms with Crippen molar-refractivity contribution in [3.63, 3.8) is 0 Å². The molecule has 1 aliphatic heterocycles. The van der Waals surface area contributed by atoms with Crippen LogP contribution in [0.3, 0.4) is 0 Å². The van der Waals surface area contributed by atoms with Gasteiger partial charge in [-0.2, -0.15) is 0 Å². The highest BCUT2D eigenvalue weighted by Gasteiger charge is 2.45. The Kier molecular flexibility index (Phi) is 5.70. The Hall–Kier alpha value is -1.26. The van der Waals surface area contributed by atoms with Crippen LogP contribution in [0.2, 0.25) is 0 Å². The van der Waals surface area contributed by atoms with Gasteiger partial charge in [-0.3, -0.25) is 0 Å². The summed E-state index contributed by atoms with van der Waals surface area (Å²) in [5, 5.41) is 9.28.